The molecule has 1 unspecified atom stereocenters. The van der Waals surface area contributed by atoms with Crippen LogP contribution in [0.1, 0.15) is 32.6 Å². The van der Waals surface area contributed by atoms with Gasteiger partial charge in [0, 0.05) is 11.7 Å². The number of ether oxygens (including phenoxy) is 1. The normalized spacial score (nSPS) is 17.4. The Hall–Kier alpha value is -0.700. The lowest BCUT2D eigenvalue weighted by molar-refractivity contribution is 0.286. The predicted molar refractivity (Wildman–Crippen MR) is 75.7 cm³/mol. The van der Waals surface area contributed by atoms with Crippen LogP contribution in [0.3, 0.4) is 0 Å². The molecule has 1 N–H and O–H groups in total. The molecule has 1 aromatic rings. The van der Waals surface area contributed by atoms with Crippen molar-refractivity contribution in [1.29, 1.82) is 0 Å². The van der Waals surface area contributed by atoms with E-state index in [9.17, 15) is 0 Å². The molecule has 17 heavy (non-hydrogen) atoms. The van der Waals surface area contributed by atoms with Crippen LogP contribution in [-0.2, 0) is 0 Å². The Morgan fingerprint density at radius 3 is 2.76 bits per heavy atom. The fourth-order valence-electron chi connectivity index (χ4n) is 2.33. The second kappa shape index (κ2) is 5.76. The summed E-state index contributed by atoms with van der Waals surface area (Å²) in [6.45, 7) is 2.26. The summed E-state index contributed by atoms with van der Waals surface area (Å²) in [5.74, 6) is 1.82. The molecule has 1 aromatic carbocycles. The zero-order chi connectivity index (χ0) is 12.3. The molecule has 2 nitrogen and oxygen atoms in total. The van der Waals surface area contributed by atoms with Gasteiger partial charge < -0.3 is 10.1 Å². The monoisotopic (exact) mass is 297 g/mol. The zero-order valence-corrected chi connectivity index (χ0v) is 12.1. The lowest BCUT2D eigenvalue weighted by atomic mass is 9.81. The first-order valence-electron chi connectivity index (χ1n) is 6.29. The SMILES string of the molecule is COc1ccc(NC(C)CC2CCC2)cc1Br. The maximum Gasteiger partial charge on any atom is 0.133 e. The molecule has 1 saturated carbocycles. The van der Waals surface area contributed by atoms with E-state index in [1.165, 1.54) is 25.7 Å². The van der Waals surface area contributed by atoms with Gasteiger partial charge in [0.25, 0.3) is 0 Å². The lowest BCUT2D eigenvalue weighted by Crippen LogP contribution is -2.23. The number of hydrogen-bond acceptors (Lipinski definition) is 2. The molecule has 1 atom stereocenters. The number of rotatable bonds is 5. The van der Waals surface area contributed by atoms with E-state index >= 15 is 0 Å². The molecule has 0 radical (unpaired) electrons. The maximum atomic E-state index is 5.22. The molecule has 0 aliphatic heterocycles. The van der Waals surface area contributed by atoms with Gasteiger partial charge in [-0.25, -0.2) is 0 Å². The quantitative estimate of drug-likeness (QED) is 0.867. The molecule has 1 fully saturated rings. The van der Waals surface area contributed by atoms with Crippen LogP contribution in [0.2, 0.25) is 0 Å². The van der Waals surface area contributed by atoms with Crippen molar-refractivity contribution in [3.05, 3.63) is 22.7 Å². The Kier molecular flexibility index (Phi) is 4.32. The van der Waals surface area contributed by atoms with Gasteiger partial charge in [-0.1, -0.05) is 19.3 Å². The van der Waals surface area contributed by atoms with E-state index in [1.807, 2.05) is 6.07 Å². The van der Waals surface area contributed by atoms with Gasteiger partial charge >= 0.3 is 0 Å². The molecule has 0 spiro atoms. The summed E-state index contributed by atoms with van der Waals surface area (Å²) in [5.41, 5.74) is 1.16. The van der Waals surface area contributed by atoms with E-state index in [0.717, 1.165) is 21.8 Å². The average molecular weight is 298 g/mol. The summed E-state index contributed by atoms with van der Waals surface area (Å²) in [6.07, 6.45) is 5.53. The van der Waals surface area contributed by atoms with Crippen LogP contribution in [0.25, 0.3) is 0 Å². The van der Waals surface area contributed by atoms with Crippen LogP contribution in [0.4, 0.5) is 5.69 Å². The number of hydrogen-bond donors (Lipinski definition) is 1. The Balaban J connectivity index is 1.90. The van der Waals surface area contributed by atoms with Gasteiger partial charge in [0.05, 0.1) is 11.6 Å². The highest BCUT2D eigenvalue weighted by molar-refractivity contribution is 9.10. The molecule has 3 heteroatoms. The van der Waals surface area contributed by atoms with Crippen molar-refractivity contribution in [2.45, 2.75) is 38.6 Å². The molecule has 0 amide bonds. The lowest BCUT2D eigenvalue weighted by Gasteiger charge is -2.29. The number of methoxy groups -OCH3 is 1. The topological polar surface area (TPSA) is 21.3 Å². The number of halogens is 1. The standard InChI is InChI=1S/C14H20BrNO/c1-10(8-11-4-3-5-11)16-12-6-7-14(17-2)13(15)9-12/h6-7,9-11,16H,3-5,8H2,1-2H3. The summed E-state index contributed by atoms with van der Waals surface area (Å²) in [4.78, 5) is 0. The van der Waals surface area contributed by atoms with E-state index in [0.29, 0.717) is 6.04 Å². The van der Waals surface area contributed by atoms with E-state index in [-0.39, 0.29) is 0 Å². The molecule has 0 heterocycles. The average Bonchev–Trinajstić information content (AvgIpc) is 2.24. The van der Waals surface area contributed by atoms with Crippen LogP contribution < -0.4 is 10.1 Å². The Labute approximate surface area is 112 Å². The van der Waals surface area contributed by atoms with Gasteiger partial charge in [0.15, 0.2) is 0 Å². The second-order valence-corrected chi connectivity index (χ2v) is 5.78. The highest BCUT2D eigenvalue weighted by atomic mass is 79.9. The third-order valence-corrected chi connectivity index (χ3v) is 4.10. The summed E-state index contributed by atoms with van der Waals surface area (Å²) in [5, 5.41) is 3.55. The maximum absolute atomic E-state index is 5.22. The minimum Gasteiger partial charge on any atom is -0.496 e. The largest absolute Gasteiger partial charge is 0.496 e. The predicted octanol–water partition coefficient (Wildman–Crippen LogP) is 4.45. The first-order chi connectivity index (χ1) is 8.19. The molecule has 0 bridgehead atoms. The molecule has 1 aliphatic carbocycles. The molecule has 0 aromatic heterocycles. The number of anilines is 1. The third-order valence-electron chi connectivity index (χ3n) is 3.48. The second-order valence-electron chi connectivity index (χ2n) is 4.93. The molecular formula is C14H20BrNO. The van der Waals surface area contributed by atoms with E-state index in [2.05, 4.69) is 40.3 Å². The highest BCUT2D eigenvalue weighted by Crippen LogP contribution is 2.32. The third kappa shape index (κ3) is 3.38. The van der Waals surface area contributed by atoms with Crippen molar-refractivity contribution in [2.75, 3.05) is 12.4 Å². The Morgan fingerprint density at radius 1 is 1.47 bits per heavy atom. The van der Waals surface area contributed by atoms with Gasteiger partial charge in [-0.3, -0.25) is 0 Å². The van der Waals surface area contributed by atoms with Crippen LogP contribution in [-0.4, -0.2) is 13.2 Å². The summed E-state index contributed by atoms with van der Waals surface area (Å²) in [6, 6.07) is 6.68. The fraction of sp³-hybridized carbons (Fsp3) is 0.571. The van der Waals surface area contributed by atoms with Crippen molar-refractivity contribution < 1.29 is 4.74 Å². The van der Waals surface area contributed by atoms with E-state index in [1.54, 1.807) is 7.11 Å². The van der Waals surface area contributed by atoms with Gasteiger partial charge in [0.1, 0.15) is 5.75 Å². The van der Waals surface area contributed by atoms with E-state index in [4.69, 9.17) is 4.74 Å². The molecule has 94 valence electrons. The first kappa shape index (κ1) is 12.7. The minimum absolute atomic E-state index is 0.542. The number of benzene rings is 1. The molecular weight excluding hydrogens is 278 g/mol. The number of nitrogens with one attached hydrogen (secondary N) is 1. The van der Waals surface area contributed by atoms with Crippen LogP contribution in [0.5, 0.6) is 5.75 Å². The summed E-state index contributed by atoms with van der Waals surface area (Å²) in [7, 11) is 1.69. The van der Waals surface area contributed by atoms with Crippen molar-refractivity contribution in [2.24, 2.45) is 5.92 Å². The highest BCUT2D eigenvalue weighted by Gasteiger charge is 2.19. The van der Waals surface area contributed by atoms with Gasteiger partial charge in [-0.2, -0.15) is 0 Å². The molecule has 1 aliphatic rings. The zero-order valence-electron chi connectivity index (χ0n) is 10.5. The van der Waals surface area contributed by atoms with Crippen molar-refractivity contribution >= 4 is 21.6 Å². The Morgan fingerprint density at radius 2 is 2.24 bits per heavy atom. The Bertz CT molecular complexity index is 376. The van der Waals surface area contributed by atoms with E-state index < -0.39 is 0 Å². The van der Waals surface area contributed by atoms with Crippen LogP contribution in [0, 0.1) is 5.92 Å². The van der Waals surface area contributed by atoms with Gasteiger partial charge in [-0.05, 0) is 53.4 Å². The summed E-state index contributed by atoms with van der Waals surface area (Å²) < 4.78 is 6.22. The van der Waals surface area contributed by atoms with Crippen LogP contribution in [0.15, 0.2) is 22.7 Å². The molecule has 0 saturated heterocycles. The van der Waals surface area contributed by atoms with Crippen molar-refractivity contribution in [1.82, 2.24) is 0 Å². The van der Waals surface area contributed by atoms with Crippen molar-refractivity contribution in [3.63, 3.8) is 0 Å². The fourth-order valence-corrected chi connectivity index (χ4v) is 2.87. The van der Waals surface area contributed by atoms with Gasteiger partial charge in [-0.15, -0.1) is 0 Å². The van der Waals surface area contributed by atoms with Crippen LogP contribution >= 0.6 is 15.9 Å². The first-order valence-corrected chi connectivity index (χ1v) is 7.08. The molecule has 2 rings (SSSR count). The van der Waals surface area contributed by atoms with Crippen molar-refractivity contribution in [3.8, 4) is 5.75 Å². The summed E-state index contributed by atoms with van der Waals surface area (Å²) >= 11 is 3.51. The minimum atomic E-state index is 0.542. The smallest absolute Gasteiger partial charge is 0.133 e. The van der Waals surface area contributed by atoms with Gasteiger partial charge in [0.2, 0.25) is 0 Å².